The van der Waals surface area contributed by atoms with Crippen LogP contribution in [-0.4, -0.2) is 232 Å². The van der Waals surface area contributed by atoms with E-state index in [-0.39, 0.29) is 62.8 Å². The summed E-state index contributed by atoms with van der Waals surface area (Å²) in [5.41, 5.74) is 23.4. The Morgan fingerprint density at radius 2 is 0.561 bits per heavy atom. The lowest BCUT2D eigenvalue weighted by atomic mass is 9.97. The molecule has 36 heteroatoms. The van der Waals surface area contributed by atoms with Crippen LogP contribution >= 0.6 is 0 Å². The van der Waals surface area contributed by atoms with Crippen molar-refractivity contribution in [1.82, 2.24) is 90.4 Å². The van der Waals surface area contributed by atoms with E-state index in [0.717, 1.165) is 6.42 Å². The summed E-state index contributed by atoms with van der Waals surface area (Å²) in [4.78, 5) is 207. The minimum atomic E-state index is -1.08. The van der Waals surface area contributed by atoms with Gasteiger partial charge >= 0.3 is 0 Å². The number of rotatable bonds is 41. The highest BCUT2D eigenvalue weighted by atomic mass is 16.2. The van der Waals surface area contributed by atoms with Crippen LogP contribution in [0.2, 0.25) is 0 Å². The molecule has 0 aromatic rings. The van der Waals surface area contributed by atoms with Crippen molar-refractivity contribution >= 4 is 88.6 Å². The van der Waals surface area contributed by atoms with Crippen molar-refractivity contribution < 1.29 is 71.9 Å². The molecule has 0 spiro atoms. The molecule has 36 nitrogen and oxygen atoms in total. The third kappa shape index (κ3) is 25.9. The molecule has 0 bridgehead atoms. The van der Waals surface area contributed by atoms with Crippen molar-refractivity contribution in [2.45, 2.75) is 287 Å². The molecule has 3 heterocycles. The minimum absolute atomic E-state index is 0.0326. The number of carbonyl (C=O) groups is 15. The summed E-state index contributed by atoms with van der Waals surface area (Å²) >= 11 is 0. The van der Waals surface area contributed by atoms with Crippen LogP contribution in [-0.2, 0) is 71.9 Å². The summed E-state index contributed by atoms with van der Waals surface area (Å²) in [6.07, 6.45) is 11.2. The van der Waals surface area contributed by atoms with E-state index in [1.165, 1.54) is 20.8 Å². The molecule has 8 aliphatic rings. The van der Waals surface area contributed by atoms with Gasteiger partial charge in [-0.15, -0.1) is 0 Å². The Morgan fingerprint density at radius 1 is 0.298 bits per heavy atom. The Bertz CT molecular complexity index is 3370. The van der Waals surface area contributed by atoms with Crippen LogP contribution in [0.5, 0.6) is 0 Å². The van der Waals surface area contributed by atoms with Crippen molar-refractivity contribution in [2.24, 2.45) is 82.1 Å². The zero-order valence-corrected chi connectivity index (χ0v) is 67.8. The molecular weight excluding hydrogens is 1470 g/mol. The summed E-state index contributed by atoms with van der Waals surface area (Å²) in [6.45, 7) is 14.7. The third-order valence-electron chi connectivity index (χ3n) is 24.4. The SMILES string of the molecule is CC(C)C[C@H](NC(=O)[C@H]1CNC[C@@H]1NC(=O)[C@H](C)NC(=O)[C@H]1CCC[C@@H]1NC(=O)[C@H](CCCCN)NC(=O)[C@H]1CCC[C@@H]1NC(=O)[C@H](C)NC(=O)[C@H]1CNC[C@@H]1NC(=O)[C@H](C)NC(=O)[C@H]1CCC[C@@H]1NC(=O)[C@H](CCCCN)NC(=O)[C@H]1CCC[C@@H]1NC(=O)[C@H](CC(C)C)NC(=O)[C@H]1CNC[C@@H]1N)C(=O)N[C@H]1CCC[C@@H]1C(N)=O. The van der Waals surface area contributed by atoms with Gasteiger partial charge in [-0.3, -0.25) is 71.9 Å². The predicted molar refractivity (Wildman–Crippen MR) is 422 cm³/mol. The van der Waals surface area contributed by atoms with E-state index in [9.17, 15) is 71.9 Å². The average Bonchev–Trinajstić information content (AvgIpc) is 1.67. The molecular formula is C78H133N21O15. The summed E-state index contributed by atoms with van der Waals surface area (Å²) in [6, 6.07) is -11.6. The summed E-state index contributed by atoms with van der Waals surface area (Å²) in [7, 11) is 0. The third-order valence-corrected chi connectivity index (χ3v) is 24.4. The maximum atomic E-state index is 14.3. The molecule has 5 saturated carbocycles. The fourth-order valence-corrected chi connectivity index (χ4v) is 17.7. The average molecular weight is 1610 g/mol. The largest absolute Gasteiger partial charge is 0.369 e. The number of unbranched alkanes of at least 4 members (excludes halogenated alkanes) is 2. The Kier molecular flexibility index (Phi) is 35.4. The maximum absolute atomic E-state index is 14.3. The number of primary amides is 1. The van der Waals surface area contributed by atoms with E-state index in [1.54, 1.807) is 0 Å². The number of carbonyl (C=O) groups excluding carboxylic acids is 15. The molecule has 3 saturated heterocycles. The summed E-state index contributed by atoms with van der Waals surface area (Å²) in [5, 5.41) is 50.1. The molecule has 15 amide bonds. The van der Waals surface area contributed by atoms with Crippen LogP contribution in [0.25, 0.3) is 0 Å². The van der Waals surface area contributed by atoms with E-state index < -0.39 is 215 Å². The highest BCUT2D eigenvalue weighted by molar-refractivity contribution is 5.96. The second-order valence-electron chi connectivity index (χ2n) is 34.1. The Morgan fingerprint density at radius 3 is 0.886 bits per heavy atom. The molecule has 8 rings (SSSR count). The second-order valence-corrected chi connectivity index (χ2v) is 34.1. The van der Waals surface area contributed by atoms with Gasteiger partial charge in [0.15, 0.2) is 0 Å². The molecule has 8 fully saturated rings. The van der Waals surface area contributed by atoms with Crippen LogP contribution in [0.15, 0.2) is 0 Å². The van der Waals surface area contributed by atoms with Gasteiger partial charge in [0.25, 0.3) is 0 Å². The lowest BCUT2D eigenvalue weighted by Gasteiger charge is -2.28. The molecule has 0 unspecified atom stereocenters. The van der Waals surface area contributed by atoms with Gasteiger partial charge in [0.2, 0.25) is 88.6 Å². The normalized spacial score (nSPS) is 28.9. The van der Waals surface area contributed by atoms with Gasteiger partial charge in [-0.2, -0.15) is 0 Å². The first-order valence-electron chi connectivity index (χ1n) is 42.2. The molecule has 5 aliphatic carbocycles. The Labute approximate surface area is 669 Å². The van der Waals surface area contributed by atoms with Gasteiger partial charge in [-0.05, 0) is 161 Å². The zero-order valence-electron chi connectivity index (χ0n) is 67.8. The fraction of sp³-hybridized carbons (Fsp3) is 0.808. The molecule has 3 aliphatic heterocycles. The minimum Gasteiger partial charge on any atom is -0.369 e. The number of amides is 15. The van der Waals surface area contributed by atoms with Gasteiger partial charge in [-0.25, -0.2) is 0 Å². The van der Waals surface area contributed by atoms with Crippen molar-refractivity contribution in [3.05, 3.63) is 0 Å². The fourth-order valence-electron chi connectivity index (χ4n) is 17.7. The first-order valence-corrected chi connectivity index (χ1v) is 42.2. The molecule has 23 atom stereocenters. The van der Waals surface area contributed by atoms with E-state index >= 15 is 0 Å². The molecule has 640 valence electrons. The number of hydrogen-bond acceptors (Lipinski definition) is 21. The molecule has 0 aromatic carbocycles. The van der Waals surface area contributed by atoms with Gasteiger partial charge in [0, 0.05) is 75.5 Å². The summed E-state index contributed by atoms with van der Waals surface area (Å²) in [5.74, 6) is -12.3. The molecule has 0 radical (unpaired) electrons. The zero-order chi connectivity index (χ0) is 83.0. The standard InChI is InChI=1S/C78H133N21O15/c1-39(2)31-60(96-72(108)49-33-83-36-52(49)81)78(114)93-57-28-16-21-48(57)71(107)95-59(23-9-11-30-80)76(112)92-56-27-13-18-45(56)68(104)86-42(6)66(102)98-62-37-84-34-50(62)73(109)88-41(5)65(101)89-54-25-15-20-47(54)70(106)94-58(22-8-10-29-79)75(111)91-55-26-14-19-46(55)69(105)87-43(7)67(103)99-63-38-85-35-51(63)74(110)97-61(32-40(3)4)77(113)90-53-24-12-17-44(53)64(82)100/h39-63,83-85H,8-38,79-81H2,1-7H3,(H2,82,100)(H,86,104)(H,87,105)(H,88,109)(H,89,101)(H,90,113)(H,91,111)(H,92,112)(H,93,114)(H,94,106)(H,95,107)(H,96,108)(H,97,110)(H,98,102)(H,99,103)/t41-,42-,43-,44-,45-,46-,47-,48-,49-,50-,51-,52-,53-,54-,55-,56-,57-,58-,59-,60-,61-,62-,63-/m0/s1. The van der Waals surface area contributed by atoms with Crippen molar-refractivity contribution in [2.75, 3.05) is 52.4 Å². The van der Waals surface area contributed by atoms with E-state index in [0.29, 0.717) is 155 Å². The maximum Gasteiger partial charge on any atom is 0.242 e. The number of nitrogens with one attached hydrogen (secondary N) is 17. The van der Waals surface area contributed by atoms with Crippen LogP contribution in [0.3, 0.4) is 0 Å². The topological polar surface area (TPSA) is 565 Å². The highest BCUT2D eigenvalue weighted by Gasteiger charge is 2.46. The van der Waals surface area contributed by atoms with E-state index in [2.05, 4.69) is 90.4 Å². The predicted octanol–water partition coefficient (Wildman–Crippen LogP) is -4.35. The van der Waals surface area contributed by atoms with Crippen LogP contribution < -0.4 is 113 Å². The monoisotopic (exact) mass is 1600 g/mol. The quantitative estimate of drug-likeness (QED) is 0.0257. The van der Waals surface area contributed by atoms with Crippen molar-refractivity contribution in [3.8, 4) is 0 Å². The van der Waals surface area contributed by atoms with Gasteiger partial charge in [-0.1, -0.05) is 59.8 Å². The molecule has 114 heavy (non-hydrogen) atoms. The van der Waals surface area contributed by atoms with Crippen molar-refractivity contribution in [3.63, 3.8) is 0 Å². The van der Waals surface area contributed by atoms with Crippen LogP contribution in [0.4, 0.5) is 0 Å². The summed E-state index contributed by atoms with van der Waals surface area (Å²) < 4.78 is 0. The Balaban J connectivity index is 0.770. The second kappa shape index (κ2) is 44.2. The van der Waals surface area contributed by atoms with E-state index in [1.807, 2.05) is 27.7 Å². The first kappa shape index (κ1) is 91.3. The Hall–Kier alpha value is -8.19. The highest BCUT2D eigenvalue weighted by Crippen LogP contribution is 2.32. The van der Waals surface area contributed by atoms with Gasteiger partial charge in [0.05, 0.1) is 59.4 Å². The smallest absolute Gasteiger partial charge is 0.242 e. The molecule has 0 aromatic heterocycles. The van der Waals surface area contributed by atoms with Crippen molar-refractivity contribution in [1.29, 1.82) is 0 Å². The van der Waals surface area contributed by atoms with Gasteiger partial charge in [0.1, 0.15) is 42.3 Å². The van der Waals surface area contributed by atoms with Crippen LogP contribution in [0, 0.1) is 59.2 Å². The van der Waals surface area contributed by atoms with E-state index in [4.69, 9.17) is 22.9 Å². The number of hydrogen-bond donors (Lipinski definition) is 21. The number of nitrogens with two attached hydrogens (primary N) is 4. The lowest BCUT2D eigenvalue weighted by molar-refractivity contribution is -0.135. The van der Waals surface area contributed by atoms with Crippen LogP contribution in [0.1, 0.15) is 196 Å². The first-order chi connectivity index (χ1) is 54.3. The molecule has 25 N–H and O–H groups in total. The van der Waals surface area contributed by atoms with Gasteiger partial charge < -0.3 is 113 Å². The lowest BCUT2D eigenvalue weighted by Crippen LogP contribution is -2.57.